The summed E-state index contributed by atoms with van der Waals surface area (Å²) in [5.74, 6) is 1.50. The number of hydrogen-bond acceptors (Lipinski definition) is 9. The van der Waals surface area contributed by atoms with Crippen LogP contribution in [0, 0.1) is 0 Å². The van der Waals surface area contributed by atoms with Crippen molar-refractivity contribution in [2.75, 3.05) is 26.1 Å². The van der Waals surface area contributed by atoms with Gasteiger partial charge in [0.1, 0.15) is 29.7 Å². The Hall–Kier alpha value is -5.62. The number of nitrogens with two attached hydrogens (primary N) is 1. The number of ether oxygens (including phenoxy) is 4. The van der Waals surface area contributed by atoms with Crippen LogP contribution in [0.2, 0.25) is 0 Å². The maximum absolute atomic E-state index is 12.9. The topological polar surface area (TPSA) is 136 Å². The Kier molecular flexibility index (Phi) is 9.03. The van der Waals surface area contributed by atoms with Crippen LogP contribution < -0.4 is 20.5 Å². The first-order valence-corrected chi connectivity index (χ1v) is 15.9. The number of carbonyl (C=O) groups is 1. The average Bonchev–Trinajstić information content (AvgIpc) is 3.76. The van der Waals surface area contributed by atoms with Crippen molar-refractivity contribution in [1.82, 2.24) is 19.5 Å². The van der Waals surface area contributed by atoms with Crippen molar-refractivity contribution in [3.8, 4) is 11.5 Å². The van der Waals surface area contributed by atoms with E-state index in [9.17, 15) is 4.79 Å². The Morgan fingerprint density at radius 1 is 0.837 bits per heavy atom. The van der Waals surface area contributed by atoms with Crippen LogP contribution in [-0.2, 0) is 15.1 Å². The summed E-state index contributed by atoms with van der Waals surface area (Å²) in [5.41, 5.74) is 9.97. The van der Waals surface area contributed by atoms with E-state index in [0.717, 1.165) is 28.2 Å². The normalized spacial score (nSPS) is 17.6. The van der Waals surface area contributed by atoms with E-state index in [1.165, 1.54) is 6.33 Å². The maximum atomic E-state index is 12.9. The smallest absolute Gasteiger partial charge is 0.256 e. The van der Waals surface area contributed by atoms with Gasteiger partial charge in [-0.05, 0) is 53.1 Å². The highest BCUT2D eigenvalue weighted by Crippen LogP contribution is 2.43. The minimum Gasteiger partial charge on any atom is -0.497 e. The van der Waals surface area contributed by atoms with Crippen LogP contribution in [-0.4, -0.2) is 58.4 Å². The lowest BCUT2D eigenvalue weighted by atomic mass is 9.80. The zero-order valence-electron chi connectivity index (χ0n) is 27.1. The third kappa shape index (κ3) is 6.22. The molecule has 1 fully saturated rings. The van der Waals surface area contributed by atoms with Crippen LogP contribution in [0.5, 0.6) is 11.5 Å². The Balaban J connectivity index is 1.18. The molecule has 0 aliphatic carbocycles. The number of fused-ring (bicyclic) bond motifs is 1. The first kappa shape index (κ1) is 32.0. The fraction of sp³-hybridized carbons (Fsp3) is 0.211. The molecular weight excluding hydrogens is 620 g/mol. The largest absolute Gasteiger partial charge is 0.497 e. The molecule has 0 saturated carbocycles. The minimum absolute atomic E-state index is 0.185. The van der Waals surface area contributed by atoms with Crippen molar-refractivity contribution in [2.45, 2.75) is 30.4 Å². The highest BCUT2D eigenvalue weighted by molar-refractivity contribution is 6.06. The van der Waals surface area contributed by atoms with Crippen LogP contribution >= 0.6 is 0 Å². The summed E-state index contributed by atoms with van der Waals surface area (Å²) in [6.45, 7) is 0.185. The predicted octanol–water partition coefficient (Wildman–Crippen LogP) is 5.72. The number of nitrogens with one attached hydrogen (secondary N) is 1. The molecule has 11 nitrogen and oxygen atoms in total. The molecule has 1 aliphatic rings. The molecule has 49 heavy (non-hydrogen) atoms. The van der Waals surface area contributed by atoms with E-state index in [1.807, 2.05) is 77.4 Å². The molecule has 1 amide bonds. The summed E-state index contributed by atoms with van der Waals surface area (Å²) in [7, 11) is 3.29. The number of amides is 1. The van der Waals surface area contributed by atoms with E-state index in [0.29, 0.717) is 29.0 Å². The molecule has 0 radical (unpaired) electrons. The van der Waals surface area contributed by atoms with E-state index >= 15 is 0 Å². The molecule has 3 heterocycles. The molecule has 6 aromatic rings. The Labute approximate surface area is 283 Å². The average molecular weight is 657 g/mol. The number of anilines is 1. The van der Waals surface area contributed by atoms with Crippen molar-refractivity contribution in [3.05, 3.63) is 144 Å². The van der Waals surface area contributed by atoms with Gasteiger partial charge in [-0.15, -0.1) is 0 Å². The molecule has 11 heteroatoms. The number of rotatable bonds is 11. The molecule has 0 bridgehead atoms. The lowest BCUT2D eigenvalue weighted by Crippen LogP contribution is -2.40. The van der Waals surface area contributed by atoms with E-state index in [-0.39, 0.29) is 18.6 Å². The monoisotopic (exact) mass is 656 g/mol. The summed E-state index contributed by atoms with van der Waals surface area (Å²) in [6, 6.07) is 34.4. The number of nitrogens with zero attached hydrogens (tertiary/aromatic N) is 4. The molecule has 1 saturated heterocycles. The molecule has 4 aromatic carbocycles. The molecule has 7 rings (SSSR count). The Morgan fingerprint density at radius 2 is 1.43 bits per heavy atom. The van der Waals surface area contributed by atoms with Crippen molar-refractivity contribution in [2.24, 2.45) is 5.73 Å². The van der Waals surface area contributed by atoms with Gasteiger partial charge < -0.3 is 30.0 Å². The van der Waals surface area contributed by atoms with Gasteiger partial charge in [0.15, 0.2) is 17.0 Å². The number of imidazole rings is 1. The zero-order valence-corrected chi connectivity index (χ0v) is 27.1. The van der Waals surface area contributed by atoms with Crippen molar-refractivity contribution in [3.63, 3.8) is 0 Å². The fourth-order valence-corrected chi connectivity index (χ4v) is 6.29. The van der Waals surface area contributed by atoms with Gasteiger partial charge in [0, 0.05) is 18.0 Å². The summed E-state index contributed by atoms with van der Waals surface area (Å²) in [6.07, 6.45) is 2.62. The van der Waals surface area contributed by atoms with E-state index in [1.54, 1.807) is 44.8 Å². The molecule has 0 unspecified atom stereocenters. The number of aromatic nitrogens is 4. The molecule has 2 aromatic heterocycles. The van der Waals surface area contributed by atoms with Gasteiger partial charge in [-0.25, -0.2) is 15.0 Å². The summed E-state index contributed by atoms with van der Waals surface area (Å²) >= 11 is 0. The van der Waals surface area contributed by atoms with Gasteiger partial charge in [0.05, 0.1) is 33.3 Å². The summed E-state index contributed by atoms with van der Waals surface area (Å²) in [5, 5.41) is 2.85. The van der Waals surface area contributed by atoms with Crippen LogP contribution in [0.25, 0.3) is 11.2 Å². The van der Waals surface area contributed by atoms with Crippen molar-refractivity contribution < 1.29 is 23.7 Å². The molecule has 3 atom stereocenters. The SMILES string of the molecule is COc1ccc(C(OC[C@H]2O[C@@H](n3cnc4c(NC(=O)c5ccccc5)ncnc43)C[C@@H]2N)(c2ccccc2)c2ccc(OC)cc2)cc1. The number of methoxy groups -OCH3 is 2. The molecule has 3 N–H and O–H groups in total. The van der Waals surface area contributed by atoms with Crippen LogP contribution in [0.1, 0.15) is 39.7 Å². The fourth-order valence-electron chi connectivity index (χ4n) is 6.29. The molecular formula is C38H36N6O5. The predicted molar refractivity (Wildman–Crippen MR) is 184 cm³/mol. The molecule has 248 valence electrons. The first-order chi connectivity index (χ1) is 24.0. The third-order valence-electron chi connectivity index (χ3n) is 8.86. The van der Waals surface area contributed by atoms with Gasteiger partial charge >= 0.3 is 0 Å². The summed E-state index contributed by atoms with van der Waals surface area (Å²) < 4.78 is 26.4. The van der Waals surface area contributed by atoms with Crippen LogP contribution in [0.3, 0.4) is 0 Å². The quantitative estimate of drug-likeness (QED) is 0.168. The van der Waals surface area contributed by atoms with Crippen molar-refractivity contribution >= 4 is 22.9 Å². The maximum Gasteiger partial charge on any atom is 0.256 e. The van der Waals surface area contributed by atoms with Crippen molar-refractivity contribution in [1.29, 1.82) is 0 Å². The molecule has 1 aliphatic heterocycles. The van der Waals surface area contributed by atoms with Gasteiger partial charge in [-0.1, -0.05) is 72.8 Å². The second-order valence-electron chi connectivity index (χ2n) is 11.7. The zero-order chi connectivity index (χ0) is 33.8. The standard InChI is InChI=1S/C38H36N6O5/c1-46-29-17-13-27(14-18-29)38(26-11-7-4-8-12-26,28-15-19-30(47-2)20-16-28)48-22-32-31(39)21-33(49-32)44-24-42-34-35(40-23-41-36(34)44)43-37(45)25-9-5-3-6-10-25/h3-20,23-24,31-33H,21-22,39H2,1-2H3,(H,40,41,43,45)/t31-,32+,33+/m0/s1. The van der Waals surface area contributed by atoms with E-state index < -0.39 is 17.9 Å². The second-order valence-corrected chi connectivity index (χ2v) is 11.7. The first-order valence-electron chi connectivity index (χ1n) is 15.9. The number of hydrogen-bond donors (Lipinski definition) is 2. The highest BCUT2D eigenvalue weighted by atomic mass is 16.6. The Bertz CT molecular complexity index is 1970. The van der Waals surface area contributed by atoms with Gasteiger partial charge in [-0.2, -0.15) is 0 Å². The van der Waals surface area contributed by atoms with Crippen LogP contribution in [0.4, 0.5) is 5.82 Å². The van der Waals surface area contributed by atoms with Gasteiger partial charge in [-0.3, -0.25) is 9.36 Å². The lowest BCUT2D eigenvalue weighted by molar-refractivity contribution is -0.0779. The van der Waals surface area contributed by atoms with Gasteiger partial charge in [0.2, 0.25) is 0 Å². The summed E-state index contributed by atoms with van der Waals surface area (Å²) in [4.78, 5) is 26.2. The Morgan fingerprint density at radius 3 is 2.04 bits per heavy atom. The van der Waals surface area contributed by atoms with Gasteiger partial charge in [0.25, 0.3) is 5.91 Å². The highest BCUT2D eigenvalue weighted by Gasteiger charge is 2.42. The number of benzene rings is 4. The second kappa shape index (κ2) is 13.9. The lowest BCUT2D eigenvalue weighted by Gasteiger charge is -2.37. The minimum atomic E-state index is -1.01. The number of carbonyl (C=O) groups excluding carboxylic acids is 1. The van der Waals surface area contributed by atoms with Crippen LogP contribution in [0.15, 0.2) is 122 Å². The van der Waals surface area contributed by atoms with E-state index in [2.05, 4.69) is 32.4 Å². The molecule has 0 spiro atoms. The third-order valence-corrected chi connectivity index (χ3v) is 8.86. The van der Waals surface area contributed by atoms with E-state index in [4.69, 9.17) is 24.7 Å².